The van der Waals surface area contributed by atoms with Crippen LogP contribution >= 0.6 is 11.6 Å². The third-order valence-corrected chi connectivity index (χ3v) is 1.59. The zero-order valence-electron chi connectivity index (χ0n) is 6.75. The Balaban J connectivity index is 2.83. The van der Waals surface area contributed by atoms with E-state index in [9.17, 15) is 4.79 Å². The molecule has 0 saturated carbocycles. The Labute approximate surface area is 76.7 Å². The Morgan fingerprint density at radius 1 is 1.50 bits per heavy atom. The molecule has 0 aliphatic heterocycles. The lowest BCUT2D eigenvalue weighted by atomic mass is 10.2. The van der Waals surface area contributed by atoms with Crippen molar-refractivity contribution in [3.05, 3.63) is 40.9 Å². The highest BCUT2D eigenvalue weighted by atomic mass is 35.5. The van der Waals surface area contributed by atoms with E-state index in [-0.39, 0.29) is 5.78 Å². The van der Waals surface area contributed by atoms with Crippen LogP contribution in [0.25, 0.3) is 6.08 Å². The average molecular weight is 181 g/mol. The third kappa shape index (κ3) is 2.89. The third-order valence-electron chi connectivity index (χ3n) is 1.36. The lowest BCUT2D eigenvalue weighted by molar-refractivity contribution is -0.112. The van der Waals surface area contributed by atoms with Gasteiger partial charge in [-0.25, -0.2) is 0 Å². The molecule has 2 heteroatoms. The van der Waals surface area contributed by atoms with Gasteiger partial charge in [0.05, 0.1) is 0 Å². The van der Waals surface area contributed by atoms with Crippen LogP contribution in [0.5, 0.6) is 0 Å². The Kier molecular flexibility index (Phi) is 3.06. The van der Waals surface area contributed by atoms with E-state index in [4.69, 9.17) is 11.6 Å². The van der Waals surface area contributed by atoms with Gasteiger partial charge in [-0.1, -0.05) is 29.8 Å². The first-order valence-electron chi connectivity index (χ1n) is 3.63. The van der Waals surface area contributed by atoms with Gasteiger partial charge in [-0.2, -0.15) is 0 Å². The first-order chi connectivity index (χ1) is 5.68. The standard InChI is InChI=1S/C10H9ClO/c1-8(12)5-6-9-3-2-4-10(11)7-9/h2-7H,1H3/b6-5+. The van der Waals surface area contributed by atoms with Gasteiger partial charge in [0.2, 0.25) is 0 Å². The van der Waals surface area contributed by atoms with Crippen LogP contribution in [0, 0.1) is 0 Å². The number of rotatable bonds is 2. The summed E-state index contributed by atoms with van der Waals surface area (Å²) in [4.78, 5) is 10.6. The summed E-state index contributed by atoms with van der Waals surface area (Å²) in [7, 11) is 0. The van der Waals surface area contributed by atoms with Crippen molar-refractivity contribution in [2.45, 2.75) is 6.92 Å². The molecule has 0 amide bonds. The maximum Gasteiger partial charge on any atom is 0.152 e. The molecule has 0 atom stereocenters. The van der Waals surface area contributed by atoms with Crippen molar-refractivity contribution in [1.29, 1.82) is 0 Å². The van der Waals surface area contributed by atoms with Gasteiger partial charge in [0.15, 0.2) is 5.78 Å². The molecule has 0 N–H and O–H groups in total. The molecule has 1 rings (SSSR count). The zero-order chi connectivity index (χ0) is 8.97. The summed E-state index contributed by atoms with van der Waals surface area (Å²) < 4.78 is 0. The van der Waals surface area contributed by atoms with Gasteiger partial charge in [0.25, 0.3) is 0 Å². The topological polar surface area (TPSA) is 17.1 Å². The van der Waals surface area contributed by atoms with E-state index in [0.717, 1.165) is 5.56 Å². The van der Waals surface area contributed by atoms with Gasteiger partial charge in [-0.15, -0.1) is 0 Å². The van der Waals surface area contributed by atoms with Gasteiger partial charge in [-0.05, 0) is 30.7 Å². The number of hydrogen-bond donors (Lipinski definition) is 0. The summed E-state index contributed by atoms with van der Waals surface area (Å²) >= 11 is 5.74. The molecular weight excluding hydrogens is 172 g/mol. The highest BCUT2D eigenvalue weighted by Crippen LogP contribution is 2.11. The summed E-state index contributed by atoms with van der Waals surface area (Å²) in [5, 5.41) is 0.681. The predicted octanol–water partition coefficient (Wildman–Crippen LogP) is 2.94. The molecule has 1 aromatic rings. The molecular formula is C10H9ClO. The number of benzene rings is 1. The summed E-state index contributed by atoms with van der Waals surface area (Å²) in [6.45, 7) is 1.51. The second kappa shape index (κ2) is 4.07. The molecule has 0 radical (unpaired) electrons. The normalized spacial score (nSPS) is 10.5. The van der Waals surface area contributed by atoms with E-state index in [1.165, 1.54) is 13.0 Å². The zero-order valence-corrected chi connectivity index (χ0v) is 7.51. The second-order valence-electron chi connectivity index (χ2n) is 2.50. The van der Waals surface area contributed by atoms with Gasteiger partial charge in [0, 0.05) is 5.02 Å². The van der Waals surface area contributed by atoms with Crippen molar-refractivity contribution in [3.63, 3.8) is 0 Å². The smallest absolute Gasteiger partial charge is 0.152 e. The Hall–Kier alpha value is -1.08. The van der Waals surface area contributed by atoms with Crippen LogP contribution in [0.1, 0.15) is 12.5 Å². The van der Waals surface area contributed by atoms with Crippen molar-refractivity contribution in [3.8, 4) is 0 Å². The number of carbonyl (C=O) groups excluding carboxylic acids is 1. The van der Waals surface area contributed by atoms with Crippen molar-refractivity contribution < 1.29 is 4.79 Å². The fourth-order valence-electron chi connectivity index (χ4n) is 0.824. The van der Waals surface area contributed by atoms with Crippen LogP contribution in [0.15, 0.2) is 30.3 Å². The molecule has 0 fully saturated rings. The fraction of sp³-hybridized carbons (Fsp3) is 0.100. The number of carbonyl (C=O) groups is 1. The van der Waals surface area contributed by atoms with E-state index in [1.54, 1.807) is 18.2 Å². The van der Waals surface area contributed by atoms with Gasteiger partial charge in [-0.3, -0.25) is 4.79 Å². The molecule has 0 saturated heterocycles. The largest absolute Gasteiger partial charge is 0.295 e. The fourth-order valence-corrected chi connectivity index (χ4v) is 1.02. The molecule has 0 heterocycles. The van der Waals surface area contributed by atoms with E-state index in [2.05, 4.69) is 0 Å². The SMILES string of the molecule is CC(=O)/C=C/c1cccc(Cl)c1. The Morgan fingerprint density at radius 2 is 2.25 bits per heavy atom. The Bertz CT molecular complexity index is 315. The first kappa shape index (κ1) is 9.01. The summed E-state index contributed by atoms with van der Waals surface area (Å²) in [5.41, 5.74) is 0.942. The quantitative estimate of drug-likeness (QED) is 0.640. The molecule has 0 unspecified atom stereocenters. The predicted molar refractivity (Wildman–Crippen MR) is 51.2 cm³/mol. The molecule has 0 aromatic heterocycles. The summed E-state index contributed by atoms with van der Waals surface area (Å²) in [6.07, 6.45) is 3.26. The number of halogens is 1. The van der Waals surface area contributed by atoms with E-state index < -0.39 is 0 Å². The maximum atomic E-state index is 10.6. The van der Waals surface area contributed by atoms with Crippen molar-refractivity contribution in [1.82, 2.24) is 0 Å². The molecule has 0 aliphatic carbocycles. The molecule has 0 spiro atoms. The van der Waals surface area contributed by atoms with E-state index >= 15 is 0 Å². The number of hydrogen-bond acceptors (Lipinski definition) is 1. The summed E-state index contributed by atoms with van der Waals surface area (Å²) in [6, 6.07) is 7.35. The van der Waals surface area contributed by atoms with Crippen LogP contribution in [-0.4, -0.2) is 5.78 Å². The van der Waals surface area contributed by atoms with Crippen LogP contribution in [-0.2, 0) is 4.79 Å². The van der Waals surface area contributed by atoms with Crippen molar-refractivity contribution in [2.24, 2.45) is 0 Å². The minimum atomic E-state index is 0.0370. The molecule has 1 aromatic carbocycles. The molecule has 12 heavy (non-hydrogen) atoms. The number of allylic oxidation sites excluding steroid dienone is 1. The Morgan fingerprint density at radius 3 is 2.83 bits per heavy atom. The van der Waals surface area contributed by atoms with Crippen molar-refractivity contribution >= 4 is 23.5 Å². The van der Waals surface area contributed by atoms with Crippen LogP contribution in [0.2, 0.25) is 5.02 Å². The second-order valence-corrected chi connectivity index (χ2v) is 2.94. The van der Waals surface area contributed by atoms with Gasteiger partial charge in [0.1, 0.15) is 0 Å². The minimum absolute atomic E-state index is 0.0370. The van der Waals surface area contributed by atoms with Crippen LogP contribution < -0.4 is 0 Å². The monoisotopic (exact) mass is 180 g/mol. The van der Waals surface area contributed by atoms with E-state index in [0.29, 0.717) is 5.02 Å². The minimum Gasteiger partial charge on any atom is -0.295 e. The lowest BCUT2D eigenvalue weighted by Crippen LogP contribution is -1.79. The summed E-state index contributed by atoms with van der Waals surface area (Å²) in [5.74, 6) is 0.0370. The van der Waals surface area contributed by atoms with Crippen LogP contribution in [0.3, 0.4) is 0 Å². The molecule has 0 aliphatic rings. The van der Waals surface area contributed by atoms with E-state index in [1.807, 2.05) is 12.1 Å². The molecule has 62 valence electrons. The molecule has 0 bridgehead atoms. The first-order valence-corrected chi connectivity index (χ1v) is 4.00. The van der Waals surface area contributed by atoms with Crippen LogP contribution in [0.4, 0.5) is 0 Å². The highest BCUT2D eigenvalue weighted by molar-refractivity contribution is 6.30. The molecule has 1 nitrogen and oxygen atoms in total. The van der Waals surface area contributed by atoms with Gasteiger partial charge >= 0.3 is 0 Å². The van der Waals surface area contributed by atoms with Gasteiger partial charge < -0.3 is 0 Å². The maximum absolute atomic E-state index is 10.6. The number of ketones is 1. The highest BCUT2D eigenvalue weighted by Gasteiger charge is 1.89. The average Bonchev–Trinajstić information content (AvgIpc) is 2.01. The van der Waals surface area contributed by atoms with Crippen molar-refractivity contribution in [2.75, 3.05) is 0 Å². The lowest BCUT2D eigenvalue weighted by Gasteiger charge is -1.92.